The molecule has 32 heavy (non-hydrogen) atoms. The van der Waals surface area contributed by atoms with Gasteiger partial charge < -0.3 is 9.30 Å². The van der Waals surface area contributed by atoms with Crippen molar-refractivity contribution in [2.75, 3.05) is 6.61 Å². The highest BCUT2D eigenvalue weighted by Crippen LogP contribution is 2.34. The van der Waals surface area contributed by atoms with Crippen molar-refractivity contribution in [3.8, 4) is 16.9 Å². The second kappa shape index (κ2) is 9.69. The molecule has 0 saturated carbocycles. The molecule has 0 aliphatic heterocycles. The molecular formula is C29H29NO2. The van der Waals surface area contributed by atoms with Crippen LogP contribution in [0.1, 0.15) is 46.9 Å². The summed E-state index contributed by atoms with van der Waals surface area (Å²) < 4.78 is 7.42. The summed E-state index contributed by atoms with van der Waals surface area (Å²) in [7, 11) is 0. The number of carbonyl (C=O) groups is 1. The van der Waals surface area contributed by atoms with Crippen LogP contribution in [0.4, 0.5) is 0 Å². The number of carbonyl (C=O) groups excluding carboxylic acids is 1. The molecule has 3 heteroatoms. The minimum atomic E-state index is -0.294. The van der Waals surface area contributed by atoms with Gasteiger partial charge in [0.05, 0.1) is 17.9 Å². The Morgan fingerprint density at radius 2 is 1.66 bits per heavy atom. The lowest BCUT2D eigenvalue weighted by molar-refractivity contribution is 0.0526. The van der Waals surface area contributed by atoms with E-state index in [4.69, 9.17) is 4.74 Å². The first-order valence-corrected chi connectivity index (χ1v) is 11.2. The maximum absolute atomic E-state index is 12.3. The molecule has 0 bridgehead atoms. The summed E-state index contributed by atoms with van der Waals surface area (Å²) in [5.41, 5.74) is 7.63. The van der Waals surface area contributed by atoms with E-state index < -0.39 is 0 Å². The van der Waals surface area contributed by atoms with Crippen molar-refractivity contribution >= 4 is 5.97 Å². The van der Waals surface area contributed by atoms with Gasteiger partial charge in [0.1, 0.15) is 0 Å². The molecule has 1 aromatic heterocycles. The van der Waals surface area contributed by atoms with Gasteiger partial charge >= 0.3 is 5.97 Å². The lowest BCUT2D eigenvalue weighted by Gasteiger charge is -2.19. The van der Waals surface area contributed by atoms with E-state index in [-0.39, 0.29) is 5.97 Å². The highest BCUT2D eigenvalue weighted by molar-refractivity contribution is 5.90. The zero-order chi connectivity index (χ0) is 22.5. The monoisotopic (exact) mass is 423 g/mol. The second-order valence-corrected chi connectivity index (χ2v) is 8.14. The average Bonchev–Trinajstić information content (AvgIpc) is 3.21. The normalized spacial score (nSPS) is 11.8. The zero-order valence-corrected chi connectivity index (χ0v) is 18.9. The molecule has 0 aliphatic rings. The number of hydrogen-bond acceptors (Lipinski definition) is 2. The van der Waals surface area contributed by atoms with Gasteiger partial charge in [0.2, 0.25) is 0 Å². The average molecular weight is 424 g/mol. The van der Waals surface area contributed by atoms with Crippen LogP contribution < -0.4 is 0 Å². The Labute approximate surface area is 190 Å². The first kappa shape index (κ1) is 21.6. The summed E-state index contributed by atoms with van der Waals surface area (Å²) in [4.78, 5) is 12.3. The molecule has 0 aliphatic carbocycles. The van der Waals surface area contributed by atoms with Gasteiger partial charge in [-0.25, -0.2) is 4.79 Å². The molecule has 0 amide bonds. The highest BCUT2D eigenvalue weighted by atomic mass is 16.5. The van der Waals surface area contributed by atoms with E-state index in [1.165, 1.54) is 16.7 Å². The van der Waals surface area contributed by atoms with Crippen LogP contribution in [0, 0.1) is 6.92 Å². The van der Waals surface area contributed by atoms with E-state index in [9.17, 15) is 4.79 Å². The fourth-order valence-corrected chi connectivity index (χ4v) is 4.32. The number of aromatic nitrogens is 1. The van der Waals surface area contributed by atoms with Crippen molar-refractivity contribution in [1.82, 2.24) is 4.57 Å². The first-order chi connectivity index (χ1) is 15.6. The molecule has 3 nitrogen and oxygen atoms in total. The fourth-order valence-electron chi connectivity index (χ4n) is 4.32. The number of hydrogen-bond donors (Lipinski definition) is 0. The second-order valence-electron chi connectivity index (χ2n) is 8.14. The van der Waals surface area contributed by atoms with Gasteiger partial charge in [-0.2, -0.15) is 0 Å². The summed E-state index contributed by atoms with van der Waals surface area (Å²) in [5, 5.41) is 0. The third-order valence-electron chi connectivity index (χ3n) is 5.84. The van der Waals surface area contributed by atoms with Gasteiger partial charge in [0.15, 0.2) is 0 Å². The van der Waals surface area contributed by atoms with Crippen LogP contribution in [-0.4, -0.2) is 17.1 Å². The third kappa shape index (κ3) is 4.52. The minimum absolute atomic E-state index is 0.294. The largest absolute Gasteiger partial charge is 0.462 e. The van der Waals surface area contributed by atoms with Gasteiger partial charge in [0, 0.05) is 16.9 Å². The first-order valence-electron chi connectivity index (χ1n) is 11.2. The third-order valence-corrected chi connectivity index (χ3v) is 5.84. The quantitative estimate of drug-likeness (QED) is 0.300. The standard InChI is InChI=1S/C29H29NO2/c1-4-32-29(31)24-13-10-14-25(20-24)30-22(3)17-18-28(30)27-16-9-8-15-26(27)21(2)19-23-11-6-5-7-12-23/h5-18,20-21H,4,19H2,1-3H3. The van der Waals surface area contributed by atoms with Crippen LogP contribution in [0.15, 0.2) is 91.0 Å². The topological polar surface area (TPSA) is 31.2 Å². The van der Waals surface area contributed by atoms with Crippen LogP contribution in [0.3, 0.4) is 0 Å². The van der Waals surface area contributed by atoms with Crippen LogP contribution >= 0.6 is 0 Å². The van der Waals surface area contributed by atoms with Crippen molar-refractivity contribution in [3.05, 3.63) is 113 Å². The summed E-state index contributed by atoms with van der Waals surface area (Å²) >= 11 is 0. The molecule has 0 saturated heterocycles. The number of ether oxygens (including phenoxy) is 1. The lowest BCUT2D eigenvalue weighted by atomic mass is 9.89. The van der Waals surface area contributed by atoms with Gasteiger partial charge in [-0.15, -0.1) is 0 Å². The maximum atomic E-state index is 12.3. The Kier molecular flexibility index (Phi) is 6.55. The van der Waals surface area contributed by atoms with Crippen LogP contribution in [-0.2, 0) is 11.2 Å². The molecule has 0 N–H and O–H groups in total. The van der Waals surface area contributed by atoms with Crippen LogP contribution in [0.25, 0.3) is 16.9 Å². The van der Waals surface area contributed by atoms with E-state index in [1.807, 2.05) is 25.1 Å². The van der Waals surface area contributed by atoms with Crippen molar-refractivity contribution in [1.29, 1.82) is 0 Å². The van der Waals surface area contributed by atoms with Crippen molar-refractivity contribution in [2.24, 2.45) is 0 Å². The van der Waals surface area contributed by atoms with E-state index in [0.29, 0.717) is 18.1 Å². The molecule has 4 rings (SSSR count). The maximum Gasteiger partial charge on any atom is 0.338 e. The summed E-state index contributed by atoms with van der Waals surface area (Å²) in [5.74, 6) is 0.0701. The lowest BCUT2D eigenvalue weighted by Crippen LogP contribution is -2.07. The van der Waals surface area contributed by atoms with E-state index in [0.717, 1.165) is 23.5 Å². The minimum Gasteiger partial charge on any atom is -0.462 e. The summed E-state index contributed by atoms with van der Waals surface area (Å²) in [6.45, 7) is 6.57. The fraction of sp³-hybridized carbons (Fsp3) is 0.207. The zero-order valence-electron chi connectivity index (χ0n) is 18.9. The SMILES string of the molecule is CCOC(=O)c1cccc(-n2c(C)ccc2-c2ccccc2C(C)Cc2ccccc2)c1. The number of nitrogens with zero attached hydrogens (tertiary/aromatic N) is 1. The van der Waals surface area contributed by atoms with E-state index in [1.54, 1.807) is 6.07 Å². The summed E-state index contributed by atoms with van der Waals surface area (Å²) in [6.07, 6.45) is 0.982. The predicted molar refractivity (Wildman–Crippen MR) is 130 cm³/mol. The molecule has 0 fully saturated rings. The number of rotatable bonds is 7. The molecule has 3 aromatic carbocycles. The van der Waals surface area contributed by atoms with Gasteiger partial charge in [-0.3, -0.25) is 0 Å². The Balaban J connectivity index is 1.75. The number of benzene rings is 3. The number of aryl methyl sites for hydroxylation is 1. The van der Waals surface area contributed by atoms with E-state index >= 15 is 0 Å². The Morgan fingerprint density at radius 3 is 2.44 bits per heavy atom. The molecule has 1 unspecified atom stereocenters. The van der Waals surface area contributed by atoms with Crippen molar-refractivity contribution in [2.45, 2.75) is 33.1 Å². The number of esters is 1. The highest BCUT2D eigenvalue weighted by Gasteiger charge is 2.17. The van der Waals surface area contributed by atoms with Crippen molar-refractivity contribution < 1.29 is 9.53 Å². The Morgan fingerprint density at radius 1 is 0.906 bits per heavy atom. The summed E-state index contributed by atoms with van der Waals surface area (Å²) in [6, 6.07) is 31.2. The van der Waals surface area contributed by atoms with Gasteiger partial charge in [-0.1, -0.05) is 67.6 Å². The molecule has 4 aromatic rings. The Hall–Kier alpha value is -3.59. The molecule has 1 heterocycles. The molecular weight excluding hydrogens is 394 g/mol. The van der Waals surface area contributed by atoms with Crippen LogP contribution in [0.5, 0.6) is 0 Å². The molecule has 0 radical (unpaired) electrons. The van der Waals surface area contributed by atoms with Gasteiger partial charge in [0.25, 0.3) is 0 Å². The van der Waals surface area contributed by atoms with E-state index in [2.05, 4.69) is 85.1 Å². The van der Waals surface area contributed by atoms with Crippen molar-refractivity contribution in [3.63, 3.8) is 0 Å². The molecule has 0 spiro atoms. The molecule has 162 valence electrons. The molecule has 1 atom stereocenters. The van der Waals surface area contributed by atoms with Crippen LogP contribution in [0.2, 0.25) is 0 Å². The Bertz CT molecular complexity index is 1210. The predicted octanol–water partition coefficient (Wildman–Crippen LogP) is 6.98. The van der Waals surface area contributed by atoms with Gasteiger partial charge in [-0.05, 0) is 67.6 Å². The smallest absolute Gasteiger partial charge is 0.338 e.